The van der Waals surface area contributed by atoms with Crippen LogP contribution in [0.15, 0.2) is 24.3 Å². The fourth-order valence-corrected chi connectivity index (χ4v) is 1.69. The number of anilines is 1. The zero-order valence-electron chi connectivity index (χ0n) is 10.1. The summed E-state index contributed by atoms with van der Waals surface area (Å²) in [5.41, 5.74) is 3.77. The van der Waals surface area contributed by atoms with Crippen LogP contribution in [0.3, 0.4) is 0 Å². The van der Waals surface area contributed by atoms with Crippen LogP contribution in [-0.2, 0) is 9.59 Å². The average Bonchev–Trinajstić information content (AvgIpc) is 2.20. The minimum Gasteiger partial charge on any atom is -0.478 e. The number of hydrogen-bond acceptors (Lipinski definition) is 2. The smallest absolute Gasteiger partial charge is 0.328 e. The van der Waals surface area contributed by atoms with E-state index in [0.29, 0.717) is 0 Å². The van der Waals surface area contributed by atoms with E-state index in [1.807, 2.05) is 32.9 Å². The van der Waals surface area contributed by atoms with Crippen LogP contribution in [0.4, 0.5) is 5.69 Å². The van der Waals surface area contributed by atoms with Gasteiger partial charge in [-0.25, -0.2) is 4.79 Å². The zero-order chi connectivity index (χ0) is 13.0. The molecule has 0 saturated heterocycles. The number of benzene rings is 1. The number of carboxylic acid groups (broad SMARTS) is 1. The van der Waals surface area contributed by atoms with E-state index in [-0.39, 0.29) is 0 Å². The quantitative estimate of drug-likeness (QED) is 0.786. The van der Waals surface area contributed by atoms with Crippen LogP contribution in [0.2, 0.25) is 0 Å². The number of nitrogens with one attached hydrogen (secondary N) is 1. The molecule has 0 aliphatic heterocycles. The Labute approximate surface area is 100.0 Å². The lowest BCUT2D eigenvalue weighted by Crippen LogP contribution is -2.11. The van der Waals surface area contributed by atoms with Crippen LogP contribution in [0.25, 0.3) is 0 Å². The third-order valence-corrected chi connectivity index (χ3v) is 2.30. The number of hydrogen-bond donors (Lipinski definition) is 2. The summed E-state index contributed by atoms with van der Waals surface area (Å²) >= 11 is 0. The van der Waals surface area contributed by atoms with Gasteiger partial charge in [-0.15, -0.1) is 0 Å². The first-order chi connectivity index (χ1) is 7.90. The van der Waals surface area contributed by atoms with Crippen LogP contribution < -0.4 is 5.32 Å². The first-order valence-corrected chi connectivity index (χ1v) is 5.20. The van der Waals surface area contributed by atoms with E-state index in [9.17, 15) is 9.59 Å². The Morgan fingerprint density at radius 1 is 1.12 bits per heavy atom. The van der Waals surface area contributed by atoms with Crippen molar-refractivity contribution in [2.75, 3.05) is 5.32 Å². The number of amides is 1. The van der Waals surface area contributed by atoms with Crippen molar-refractivity contribution in [2.45, 2.75) is 20.8 Å². The maximum absolute atomic E-state index is 11.4. The molecule has 0 radical (unpaired) electrons. The summed E-state index contributed by atoms with van der Waals surface area (Å²) in [6.07, 6.45) is 1.81. The largest absolute Gasteiger partial charge is 0.478 e. The fourth-order valence-electron chi connectivity index (χ4n) is 1.69. The van der Waals surface area contributed by atoms with Crippen LogP contribution in [0.5, 0.6) is 0 Å². The molecule has 0 heterocycles. The Bertz CT molecular complexity index is 466. The topological polar surface area (TPSA) is 66.4 Å². The van der Waals surface area contributed by atoms with E-state index in [4.69, 9.17) is 5.11 Å². The fraction of sp³-hybridized carbons (Fsp3) is 0.231. The van der Waals surface area contributed by atoms with Gasteiger partial charge in [0.2, 0.25) is 5.91 Å². The molecule has 1 rings (SSSR count). The highest BCUT2D eigenvalue weighted by molar-refractivity contribution is 6.03. The SMILES string of the molecule is Cc1cc(C)c(NC(=O)/C=C/C(=O)O)c(C)c1. The van der Waals surface area contributed by atoms with Crippen LogP contribution >= 0.6 is 0 Å². The third kappa shape index (κ3) is 3.75. The zero-order valence-corrected chi connectivity index (χ0v) is 10.1. The van der Waals surface area contributed by atoms with Gasteiger partial charge in [-0.1, -0.05) is 17.7 Å². The number of aryl methyl sites for hydroxylation is 3. The highest BCUT2D eigenvalue weighted by atomic mass is 16.4. The second-order valence-corrected chi connectivity index (χ2v) is 3.93. The van der Waals surface area contributed by atoms with Gasteiger partial charge in [-0.3, -0.25) is 4.79 Å². The van der Waals surface area contributed by atoms with E-state index >= 15 is 0 Å². The highest BCUT2D eigenvalue weighted by Crippen LogP contribution is 2.21. The molecular weight excluding hydrogens is 218 g/mol. The first kappa shape index (κ1) is 13.0. The molecule has 0 spiro atoms. The van der Waals surface area contributed by atoms with Gasteiger partial charge in [0.1, 0.15) is 0 Å². The van der Waals surface area contributed by atoms with Gasteiger partial charge in [-0.2, -0.15) is 0 Å². The van der Waals surface area contributed by atoms with Crippen molar-refractivity contribution in [3.8, 4) is 0 Å². The summed E-state index contributed by atoms with van der Waals surface area (Å²) in [5.74, 6) is -1.58. The molecule has 4 heteroatoms. The Balaban J connectivity index is 2.89. The predicted octanol–water partition coefficient (Wildman–Crippen LogP) is 2.19. The van der Waals surface area contributed by atoms with Crippen molar-refractivity contribution in [2.24, 2.45) is 0 Å². The molecule has 0 fully saturated rings. The van der Waals surface area contributed by atoms with Gasteiger partial charge in [0.25, 0.3) is 0 Å². The summed E-state index contributed by atoms with van der Waals surface area (Å²) < 4.78 is 0. The molecule has 0 aliphatic rings. The molecule has 0 saturated carbocycles. The standard InChI is InChI=1S/C13H15NO3/c1-8-6-9(2)13(10(3)7-8)14-11(15)4-5-12(16)17/h4-7H,1-3H3,(H,14,15)(H,16,17)/b5-4+. The van der Waals surface area contributed by atoms with Crippen molar-refractivity contribution in [3.63, 3.8) is 0 Å². The average molecular weight is 233 g/mol. The highest BCUT2D eigenvalue weighted by Gasteiger charge is 2.06. The second-order valence-electron chi connectivity index (χ2n) is 3.93. The van der Waals surface area contributed by atoms with Gasteiger partial charge in [-0.05, 0) is 31.9 Å². The molecule has 2 N–H and O–H groups in total. The summed E-state index contributed by atoms with van der Waals surface area (Å²) in [4.78, 5) is 21.7. The van der Waals surface area contributed by atoms with Crippen molar-refractivity contribution in [1.29, 1.82) is 0 Å². The minimum atomic E-state index is -1.14. The number of carbonyl (C=O) groups excluding carboxylic acids is 1. The van der Waals surface area contributed by atoms with Gasteiger partial charge in [0.05, 0.1) is 0 Å². The predicted molar refractivity (Wildman–Crippen MR) is 66.1 cm³/mol. The molecular formula is C13H15NO3. The monoisotopic (exact) mass is 233 g/mol. The number of rotatable bonds is 3. The molecule has 0 atom stereocenters. The lowest BCUT2D eigenvalue weighted by atomic mass is 10.1. The van der Waals surface area contributed by atoms with Crippen LogP contribution in [0, 0.1) is 20.8 Å². The van der Waals surface area contributed by atoms with E-state index < -0.39 is 11.9 Å². The number of aliphatic carboxylic acids is 1. The van der Waals surface area contributed by atoms with Crippen molar-refractivity contribution in [3.05, 3.63) is 41.0 Å². The van der Waals surface area contributed by atoms with Crippen molar-refractivity contribution >= 4 is 17.6 Å². The molecule has 1 amide bonds. The molecule has 0 aromatic heterocycles. The first-order valence-electron chi connectivity index (χ1n) is 5.20. The molecule has 0 aliphatic carbocycles. The normalized spacial score (nSPS) is 10.5. The molecule has 0 bridgehead atoms. The summed E-state index contributed by atoms with van der Waals surface area (Å²) in [7, 11) is 0. The van der Waals surface area contributed by atoms with E-state index in [2.05, 4.69) is 5.32 Å². The minimum absolute atomic E-state index is 0.442. The third-order valence-electron chi connectivity index (χ3n) is 2.30. The van der Waals surface area contributed by atoms with Gasteiger partial charge >= 0.3 is 5.97 Å². The molecule has 0 unspecified atom stereocenters. The number of carboxylic acids is 1. The van der Waals surface area contributed by atoms with Gasteiger partial charge < -0.3 is 10.4 Å². The van der Waals surface area contributed by atoms with Crippen LogP contribution in [0.1, 0.15) is 16.7 Å². The molecule has 1 aromatic carbocycles. The van der Waals surface area contributed by atoms with Crippen molar-refractivity contribution < 1.29 is 14.7 Å². The maximum Gasteiger partial charge on any atom is 0.328 e. The molecule has 17 heavy (non-hydrogen) atoms. The van der Waals surface area contributed by atoms with Gasteiger partial charge in [0.15, 0.2) is 0 Å². The Morgan fingerprint density at radius 3 is 2.12 bits per heavy atom. The van der Waals surface area contributed by atoms with Gasteiger partial charge in [0, 0.05) is 17.8 Å². The van der Waals surface area contributed by atoms with Crippen LogP contribution in [-0.4, -0.2) is 17.0 Å². The summed E-state index contributed by atoms with van der Waals surface area (Å²) in [6, 6.07) is 3.92. The van der Waals surface area contributed by atoms with E-state index in [1.165, 1.54) is 0 Å². The molecule has 1 aromatic rings. The second kappa shape index (κ2) is 5.30. The van der Waals surface area contributed by atoms with Crippen molar-refractivity contribution in [1.82, 2.24) is 0 Å². The Morgan fingerprint density at radius 2 is 1.65 bits per heavy atom. The maximum atomic E-state index is 11.4. The van der Waals surface area contributed by atoms with E-state index in [0.717, 1.165) is 34.5 Å². The van der Waals surface area contributed by atoms with E-state index in [1.54, 1.807) is 0 Å². The Hall–Kier alpha value is -2.10. The summed E-state index contributed by atoms with van der Waals surface area (Å²) in [6.45, 7) is 5.78. The number of carbonyl (C=O) groups is 2. The lowest BCUT2D eigenvalue weighted by molar-refractivity contribution is -0.131. The molecule has 4 nitrogen and oxygen atoms in total. The molecule has 90 valence electrons. The Kier molecular flexibility index (Phi) is 4.04. The lowest BCUT2D eigenvalue weighted by Gasteiger charge is -2.11. The summed E-state index contributed by atoms with van der Waals surface area (Å²) in [5, 5.41) is 11.1.